The summed E-state index contributed by atoms with van der Waals surface area (Å²) in [5.74, 6) is -0.324. The molecule has 0 aliphatic carbocycles. The van der Waals surface area contributed by atoms with E-state index in [1.807, 2.05) is 6.92 Å². The van der Waals surface area contributed by atoms with Gasteiger partial charge >= 0.3 is 11.9 Å². The number of ether oxygens (including phenoxy) is 2. The molecule has 0 amide bonds. The van der Waals surface area contributed by atoms with Crippen LogP contribution in [0.5, 0.6) is 11.5 Å². The van der Waals surface area contributed by atoms with Gasteiger partial charge in [-0.15, -0.1) is 0 Å². The summed E-state index contributed by atoms with van der Waals surface area (Å²) in [6, 6.07) is 11.4. The third-order valence-electron chi connectivity index (χ3n) is 2.92. The number of halogens is 2. The molecule has 0 bridgehead atoms. The Hall–Kier alpha value is -2.04. The molecule has 23 heavy (non-hydrogen) atoms. The van der Waals surface area contributed by atoms with Gasteiger partial charge in [0.15, 0.2) is 0 Å². The van der Waals surface area contributed by atoms with Crippen LogP contribution in [0.3, 0.4) is 0 Å². The van der Waals surface area contributed by atoms with Crippen molar-refractivity contribution in [2.75, 3.05) is 0 Å². The summed E-state index contributed by atoms with van der Waals surface area (Å²) in [6.45, 7) is 1.81. The molecule has 2 rings (SSSR count). The largest absolute Gasteiger partial charge is 0.427 e. The number of aryl methyl sites for hydroxylation is 1. The topological polar surface area (TPSA) is 52.6 Å². The van der Waals surface area contributed by atoms with Gasteiger partial charge in [-0.2, -0.15) is 0 Å². The molecular weight excluding hydrogens is 339 g/mol. The van der Waals surface area contributed by atoms with Gasteiger partial charge in [-0.1, -0.05) is 29.3 Å². The summed E-state index contributed by atoms with van der Waals surface area (Å²) in [4.78, 5) is 23.4. The van der Waals surface area contributed by atoms with E-state index in [1.165, 1.54) is 6.07 Å². The minimum absolute atomic E-state index is 0.0823. The molecule has 0 saturated heterocycles. The number of hydrogen-bond acceptors (Lipinski definition) is 4. The monoisotopic (exact) mass is 352 g/mol. The SMILES string of the molecule is Cc1cc(OC(=O)CCC(=O)Oc2cccc(Cl)c2)ccc1Cl. The highest BCUT2D eigenvalue weighted by atomic mass is 35.5. The van der Waals surface area contributed by atoms with E-state index < -0.39 is 11.9 Å². The standard InChI is InChI=1S/C17H14Cl2O4/c1-11-9-14(5-6-15(11)19)23-17(21)8-7-16(20)22-13-4-2-3-12(18)10-13/h2-6,9-10H,7-8H2,1H3. The van der Waals surface area contributed by atoms with E-state index in [2.05, 4.69) is 0 Å². The van der Waals surface area contributed by atoms with E-state index in [0.717, 1.165) is 5.56 Å². The Balaban J connectivity index is 1.81. The van der Waals surface area contributed by atoms with Crippen molar-refractivity contribution in [3.63, 3.8) is 0 Å². The molecule has 0 unspecified atom stereocenters. The minimum Gasteiger partial charge on any atom is -0.427 e. The third-order valence-corrected chi connectivity index (χ3v) is 3.58. The zero-order valence-corrected chi connectivity index (χ0v) is 13.9. The molecule has 0 heterocycles. The Bertz CT molecular complexity index is 728. The first-order valence-corrected chi connectivity index (χ1v) is 7.63. The van der Waals surface area contributed by atoms with Crippen LogP contribution in [0.1, 0.15) is 18.4 Å². The average molecular weight is 353 g/mol. The molecule has 2 aromatic rings. The van der Waals surface area contributed by atoms with Gasteiger partial charge in [-0.25, -0.2) is 0 Å². The van der Waals surface area contributed by atoms with Gasteiger partial charge in [-0.3, -0.25) is 9.59 Å². The first-order chi connectivity index (χ1) is 10.9. The molecule has 0 saturated carbocycles. The lowest BCUT2D eigenvalue weighted by Crippen LogP contribution is -2.14. The maximum absolute atomic E-state index is 11.7. The molecule has 0 atom stereocenters. The van der Waals surface area contributed by atoms with E-state index in [-0.39, 0.29) is 12.8 Å². The van der Waals surface area contributed by atoms with Crippen LogP contribution in [0.4, 0.5) is 0 Å². The maximum atomic E-state index is 11.7. The Morgan fingerprint density at radius 1 is 0.913 bits per heavy atom. The Morgan fingerprint density at radius 3 is 2.09 bits per heavy atom. The first kappa shape index (κ1) is 17.3. The zero-order valence-electron chi connectivity index (χ0n) is 12.3. The summed E-state index contributed by atoms with van der Waals surface area (Å²) >= 11 is 11.7. The summed E-state index contributed by atoms with van der Waals surface area (Å²) in [7, 11) is 0. The fraction of sp³-hybridized carbons (Fsp3) is 0.176. The van der Waals surface area contributed by atoms with Crippen LogP contribution in [0.2, 0.25) is 10.0 Å². The lowest BCUT2D eigenvalue weighted by Gasteiger charge is -2.06. The molecule has 4 nitrogen and oxygen atoms in total. The number of esters is 2. The Morgan fingerprint density at radius 2 is 1.52 bits per heavy atom. The zero-order chi connectivity index (χ0) is 16.8. The lowest BCUT2D eigenvalue weighted by atomic mass is 10.2. The molecule has 0 fully saturated rings. The third kappa shape index (κ3) is 5.58. The van der Waals surface area contributed by atoms with Crippen molar-refractivity contribution in [3.8, 4) is 11.5 Å². The van der Waals surface area contributed by atoms with E-state index in [9.17, 15) is 9.59 Å². The molecule has 2 aromatic carbocycles. The summed E-state index contributed by atoms with van der Waals surface area (Å²) in [5, 5.41) is 1.06. The van der Waals surface area contributed by atoms with Crippen LogP contribution in [-0.4, -0.2) is 11.9 Å². The van der Waals surface area contributed by atoms with Crippen LogP contribution >= 0.6 is 23.2 Å². The van der Waals surface area contributed by atoms with Gasteiger partial charge < -0.3 is 9.47 Å². The second kappa shape index (κ2) is 7.99. The van der Waals surface area contributed by atoms with Gasteiger partial charge in [-0.05, 0) is 48.9 Å². The smallest absolute Gasteiger partial charge is 0.311 e. The molecule has 0 aliphatic heterocycles. The van der Waals surface area contributed by atoms with Crippen molar-refractivity contribution in [1.29, 1.82) is 0 Å². The fourth-order valence-corrected chi connectivity index (χ4v) is 2.08. The lowest BCUT2D eigenvalue weighted by molar-refractivity contribution is -0.140. The quantitative estimate of drug-likeness (QED) is 0.583. The minimum atomic E-state index is -0.531. The molecule has 0 N–H and O–H groups in total. The normalized spacial score (nSPS) is 10.2. The van der Waals surface area contributed by atoms with Crippen LogP contribution in [0.15, 0.2) is 42.5 Å². The number of carbonyl (C=O) groups is 2. The van der Waals surface area contributed by atoms with E-state index in [4.69, 9.17) is 32.7 Å². The number of benzene rings is 2. The van der Waals surface area contributed by atoms with Crippen molar-refractivity contribution in [2.45, 2.75) is 19.8 Å². The molecule has 6 heteroatoms. The number of rotatable bonds is 5. The Labute approximate surface area is 143 Å². The molecule has 0 aliphatic rings. The summed E-state index contributed by atoms with van der Waals surface area (Å²) in [6.07, 6.45) is -0.168. The molecule has 120 valence electrons. The van der Waals surface area contributed by atoms with E-state index >= 15 is 0 Å². The highest BCUT2D eigenvalue weighted by molar-refractivity contribution is 6.31. The van der Waals surface area contributed by atoms with Gasteiger partial charge in [0.05, 0.1) is 12.8 Å². The van der Waals surface area contributed by atoms with E-state index in [1.54, 1.807) is 36.4 Å². The summed E-state index contributed by atoms with van der Waals surface area (Å²) in [5.41, 5.74) is 0.803. The van der Waals surface area contributed by atoms with Crippen molar-refractivity contribution in [3.05, 3.63) is 58.1 Å². The van der Waals surface area contributed by atoms with Crippen LogP contribution in [-0.2, 0) is 9.59 Å². The average Bonchev–Trinajstić information content (AvgIpc) is 2.49. The molecule has 0 aromatic heterocycles. The highest BCUT2D eigenvalue weighted by Crippen LogP contribution is 2.21. The maximum Gasteiger partial charge on any atom is 0.311 e. The van der Waals surface area contributed by atoms with Crippen LogP contribution in [0, 0.1) is 6.92 Å². The van der Waals surface area contributed by atoms with Gasteiger partial charge in [0.1, 0.15) is 11.5 Å². The highest BCUT2D eigenvalue weighted by Gasteiger charge is 2.11. The van der Waals surface area contributed by atoms with Crippen molar-refractivity contribution in [2.24, 2.45) is 0 Å². The summed E-state index contributed by atoms with van der Waals surface area (Å²) < 4.78 is 10.2. The molecular formula is C17H14Cl2O4. The van der Waals surface area contributed by atoms with Crippen LogP contribution in [0.25, 0.3) is 0 Å². The van der Waals surface area contributed by atoms with Gasteiger partial charge in [0.25, 0.3) is 0 Å². The first-order valence-electron chi connectivity index (χ1n) is 6.87. The number of hydrogen-bond donors (Lipinski definition) is 0. The second-order valence-corrected chi connectivity index (χ2v) is 5.66. The molecule has 0 spiro atoms. The second-order valence-electron chi connectivity index (χ2n) is 4.82. The predicted molar refractivity (Wildman–Crippen MR) is 88.1 cm³/mol. The number of carbonyl (C=O) groups excluding carboxylic acids is 2. The van der Waals surface area contributed by atoms with Gasteiger partial charge in [0.2, 0.25) is 0 Å². The van der Waals surface area contributed by atoms with Crippen LogP contribution < -0.4 is 9.47 Å². The van der Waals surface area contributed by atoms with Crippen molar-refractivity contribution in [1.82, 2.24) is 0 Å². The predicted octanol–water partition coefficient (Wildman–Crippen LogP) is 4.59. The van der Waals surface area contributed by atoms with E-state index in [0.29, 0.717) is 21.5 Å². The van der Waals surface area contributed by atoms with Gasteiger partial charge in [0, 0.05) is 10.0 Å². The van der Waals surface area contributed by atoms with Crippen molar-refractivity contribution >= 4 is 35.1 Å². The Kier molecular flexibility index (Phi) is 6.02. The fourth-order valence-electron chi connectivity index (χ4n) is 1.78. The van der Waals surface area contributed by atoms with Crippen molar-refractivity contribution < 1.29 is 19.1 Å². The molecule has 0 radical (unpaired) electrons.